The van der Waals surface area contributed by atoms with Crippen LogP contribution >= 0.6 is 0 Å². The lowest BCUT2D eigenvalue weighted by Gasteiger charge is -2.16. The summed E-state index contributed by atoms with van der Waals surface area (Å²) in [4.78, 5) is 53.8. The Morgan fingerprint density at radius 1 is 0.914 bits per heavy atom. The van der Waals surface area contributed by atoms with E-state index in [2.05, 4.69) is 14.5 Å². The molecule has 0 N–H and O–H groups in total. The Kier molecular flexibility index (Phi) is 7.53. The summed E-state index contributed by atoms with van der Waals surface area (Å²) in [6, 6.07) is 10.9. The predicted molar refractivity (Wildman–Crippen MR) is 134 cm³/mol. The van der Waals surface area contributed by atoms with Crippen molar-refractivity contribution in [2.45, 2.75) is 54.0 Å². The van der Waals surface area contributed by atoms with E-state index in [9.17, 15) is 19.2 Å². The fourth-order valence-electron chi connectivity index (χ4n) is 3.97. The SMILES string of the molecule is CCn1c2ccc(C(=O)/C(CCC(=O)OC)=N\OC(C)=O)cc2c2cc(C(=O)C(C)(C)C)ccc21. The monoisotopic (exact) mass is 478 g/mol. The standard InChI is InChI=1S/C27H30N2O6/c1-7-29-22-11-8-17(25(32)21(28-35-16(2)30)10-13-24(31)34-6)14-19(22)20-15-18(9-12-23(20)29)26(33)27(3,4)5/h8-9,11-12,14-15H,7,10,13H2,1-6H3/b28-21-. The van der Waals surface area contributed by atoms with Gasteiger partial charge in [0.2, 0.25) is 5.78 Å². The molecular weight excluding hydrogens is 448 g/mol. The minimum atomic E-state index is -0.675. The summed E-state index contributed by atoms with van der Waals surface area (Å²) in [5.74, 6) is -1.62. The van der Waals surface area contributed by atoms with Crippen LogP contribution in [0.2, 0.25) is 0 Å². The van der Waals surface area contributed by atoms with Crippen molar-refractivity contribution in [3.63, 3.8) is 0 Å². The van der Waals surface area contributed by atoms with Gasteiger partial charge in [-0.25, -0.2) is 4.79 Å². The highest BCUT2D eigenvalue weighted by atomic mass is 16.7. The number of ether oxygens (including phenoxy) is 1. The molecule has 0 aliphatic rings. The number of aromatic nitrogens is 1. The zero-order chi connectivity index (χ0) is 25.9. The number of esters is 1. The molecule has 0 saturated carbocycles. The van der Waals surface area contributed by atoms with Gasteiger partial charge in [0.15, 0.2) is 5.78 Å². The van der Waals surface area contributed by atoms with E-state index in [4.69, 9.17) is 4.84 Å². The lowest BCUT2D eigenvalue weighted by Crippen LogP contribution is -2.20. The van der Waals surface area contributed by atoms with Gasteiger partial charge in [-0.2, -0.15) is 0 Å². The minimum Gasteiger partial charge on any atom is -0.469 e. The second kappa shape index (κ2) is 10.2. The number of methoxy groups -OCH3 is 1. The number of fused-ring (bicyclic) bond motifs is 3. The molecule has 0 aliphatic carbocycles. The van der Waals surface area contributed by atoms with Gasteiger partial charge in [-0.1, -0.05) is 25.9 Å². The molecule has 2 aromatic carbocycles. The molecular formula is C27H30N2O6. The lowest BCUT2D eigenvalue weighted by molar-refractivity contribution is -0.141. The summed E-state index contributed by atoms with van der Waals surface area (Å²) in [5, 5.41) is 5.37. The summed E-state index contributed by atoms with van der Waals surface area (Å²) in [6.45, 7) is 9.55. The quantitative estimate of drug-likeness (QED) is 0.147. The summed E-state index contributed by atoms with van der Waals surface area (Å²) in [7, 11) is 1.25. The molecule has 3 aromatic rings. The first-order valence-corrected chi connectivity index (χ1v) is 11.4. The van der Waals surface area contributed by atoms with Gasteiger partial charge in [-0.15, -0.1) is 0 Å². The number of carbonyl (C=O) groups excluding carboxylic acids is 4. The molecule has 0 spiro atoms. The molecule has 0 fully saturated rings. The van der Waals surface area contributed by atoms with Crippen LogP contribution in [0, 0.1) is 5.41 Å². The Hall–Kier alpha value is -3.81. The molecule has 184 valence electrons. The van der Waals surface area contributed by atoms with Gasteiger partial charge in [0, 0.05) is 58.2 Å². The number of rotatable bonds is 8. The molecule has 8 heteroatoms. The maximum atomic E-state index is 13.3. The van der Waals surface area contributed by atoms with Gasteiger partial charge in [-0.05, 0) is 43.3 Å². The molecule has 0 unspecified atom stereocenters. The molecule has 0 bridgehead atoms. The Balaban J connectivity index is 2.13. The van der Waals surface area contributed by atoms with Gasteiger partial charge < -0.3 is 14.1 Å². The summed E-state index contributed by atoms with van der Waals surface area (Å²) in [5.41, 5.74) is 2.22. The number of Topliss-reactive ketones (excluding diaryl/α,β-unsaturated/α-hetero) is 2. The molecule has 1 heterocycles. The molecule has 0 aliphatic heterocycles. The zero-order valence-electron chi connectivity index (χ0n) is 20.9. The van der Waals surface area contributed by atoms with Crippen molar-refractivity contribution >= 4 is 51.0 Å². The maximum absolute atomic E-state index is 13.3. The van der Waals surface area contributed by atoms with Crippen LogP contribution in [0.5, 0.6) is 0 Å². The number of ketones is 2. The molecule has 8 nitrogen and oxygen atoms in total. The van der Waals surface area contributed by atoms with Gasteiger partial charge in [-0.3, -0.25) is 14.4 Å². The van der Waals surface area contributed by atoms with Crippen LogP contribution < -0.4 is 0 Å². The van der Waals surface area contributed by atoms with E-state index in [0.29, 0.717) is 17.7 Å². The van der Waals surface area contributed by atoms with E-state index in [1.165, 1.54) is 14.0 Å². The largest absolute Gasteiger partial charge is 0.469 e. The number of aryl methyl sites for hydroxylation is 1. The van der Waals surface area contributed by atoms with Gasteiger partial charge in [0.05, 0.1) is 13.5 Å². The van der Waals surface area contributed by atoms with Crippen LogP contribution in [0.1, 0.15) is 68.2 Å². The first-order valence-electron chi connectivity index (χ1n) is 11.4. The van der Waals surface area contributed by atoms with E-state index < -0.39 is 23.1 Å². The molecule has 35 heavy (non-hydrogen) atoms. The lowest BCUT2D eigenvalue weighted by atomic mass is 9.86. The first kappa shape index (κ1) is 25.8. The molecule has 0 amide bonds. The van der Waals surface area contributed by atoms with Crippen LogP contribution in [-0.2, 0) is 25.7 Å². The van der Waals surface area contributed by atoms with Crippen molar-refractivity contribution in [3.05, 3.63) is 47.5 Å². The highest BCUT2D eigenvalue weighted by Gasteiger charge is 2.24. The van der Waals surface area contributed by atoms with Gasteiger partial charge in [0.1, 0.15) is 5.71 Å². The maximum Gasteiger partial charge on any atom is 0.331 e. The number of benzene rings is 2. The Labute approximate surface area is 203 Å². The highest BCUT2D eigenvalue weighted by molar-refractivity contribution is 6.46. The van der Waals surface area contributed by atoms with Gasteiger partial charge >= 0.3 is 11.9 Å². The van der Waals surface area contributed by atoms with E-state index in [1.54, 1.807) is 12.1 Å². The van der Waals surface area contributed by atoms with E-state index in [1.807, 2.05) is 52.0 Å². The Morgan fingerprint density at radius 2 is 1.49 bits per heavy atom. The van der Waals surface area contributed by atoms with Crippen molar-refractivity contribution in [1.82, 2.24) is 4.57 Å². The highest BCUT2D eigenvalue weighted by Crippen LogP contribution is 2.32. The van der Waals surface area contributed by atoms with Crippen LogP contribution in [0.25, 0.3) is 21.8 Å². The minimum absolute atomic E-state index is 0.0302. The smallest absolute Gasteiger partial charge is 0.331 e. The number of carbonyl (C=O) groups is 4. The molecule has 1 aromatic heterocycles. The number of hydrogen-bond donors (Lipinski definition) is 0. The Bertz CT molecular complexity index is 1360. The van der Waals surface area contributed by atoms with E-state index in [-0.39, 0.29) is 24.3 Å². The molecule has 0 radical (unpaired) electrons. The van der Waals surface area contributed by atoms with Crippen LogP contribution in [0.3, 0.4) is 0 Å². The molecule has 0 atom stereocenters. The van der Waals surface area contributed by atoms with Crippen LogP contribution in [0.15, 0.2) is 41.6 Å². The summed E-state index contributed by atoms with van der Waals surface area (Å²) in [6.07, 6.45) is -0.129. The zero-order valence-corrected chi connectivity index (χ0v) is 20.9. The third-order valence-electron chi connectivity index (χ3n) is 5.73. The fraction of sp³-hybridized carbons (Fsp3) is 0.370. The van der Waals surface area contributed by atoms with Crippen molar-refractivity contribution in [2.24, 2.45) is 10.6 Å². The van der Waals surface area contributed by atoms with Crippen molar-refractivity contribution in [2.75, 3.05) is 7.11 Å². The van der Waals surface area contributed by atoms with Gasteiger partial charge in [0.25, 0.3) is 0 Å². The average Bonchev–Trinajstić information content (AvgIpc) is 3.14. The van der Waals surface area contributed by atoms with E-state index in [0.717, 1.165) is 21.8 Å². The van der Waals surface area contributed by atoms with Crippen molar-refractivity contribution < 1.29 is 28.8 Å². The number of oxime groups is 1. The normalized spacial score (nSPS) is 12.1. The number of nitrogens with zero attached hydrogens (tertiary/aromatic N) is 2. The molecule has 0 saturated heterocycles. The molecule has 3 rings (SSSR count). The van der Waals surface area contributed by atoms with Crippen LogP contribution in [0.4, 0.5) is 0 Å². The second-order valence-electron chi connectivity index (χ2n) is 9.31. The second-order valence-corrected chi connectivity index (χ2v) is 9.31. The average molecular weight is 479 g/mol. The summed E-state index contributed by atoms with van der Waals surface area (Å²) < 4.78 is 6.76. The Morgan fingerprint density at radius 3 is 2.00 bits per heavy atom. The fourth-order valence-corrected chi connectivity index (χ4v) is 3.97. The van der Waals surface area contributed by atoms with Crippen molar-refractivity contribution in [1.29, 1.82) is 0 Å². The first-order chi connectivity index (χ1) is 16.5. The third-order valence-corrected chi connectivity index (χ3v) is 5.73. The number of hydrogen-bond acceptors (Lipinski definition) is 7. The topological polar surface area (TPSA) is 104 Å². The van der Waals surface area contributed by atoms with Crippen LogP contribution in [-0.4, -0.2) is 40.9 Å². The predicted octanol–water partition coefficient (Wildman–Crippen LogP) is 5.10. The van der Waals surface area contributed by atoms with Crippen molar-refractivity contribution in [3.8, 4) is 0 Å². The van der Waals surface area contributed by atoms with E-state index >= 15 is 0 Å². The summed E-state index contributed by atoms with van der Waals surface area (Å²) >= 11 is 0. The third kappa shape index (κ3) is 5.48.